The molecule has 1 aliphatic rings. The minimum absolute atomic E-state index is 0.150. The van der Waals surface area contributed by atoms with Crippen molar-refractivity contribution in [2.75, 3.05) is 13.1 Å². The third-order valence-electron chi connectivity index (χ3n) is 4.12. The summed E-state index contributed by atoms with van der Waals surface area (Å²) in [4.78, 5) is 2.47. The van der Waals surface area contributed by atoms with E-state index in [1.165, 1.54) is 18.4 Å². The van der Waals surface area contributed by atoms with E-state index in [1.807, 2.05) is 13.0 Å². The highest BCUT2D eigenvalue weighted by atomic mass is 19.1. The van der Waals surface area contributed by atoms with Gasteiger partial charge in [-0.25, -0.2) is 4.39 Å². The van der Waals surface area contributed by atoms with Crippen LogP contribution in [0.5, 0.6) is 0 Å². The molecule has 0 aromatic heterocycles. The number of rotatable bonds is 3. The van der Waals surface area contributed by atoms with Crippen molar-refractivity contribution >= 4 is 0 Å². The van der Waals surface area contributed by atoms with Crippen molar-refractivity contribution in [3.05, 3.63) is 35.1 Å². The Morgan fingerprint density at radius 3 is 2.83 bits per heavy atom. The molecule has 2 rings (SSSR count). The van der Waals surface area contributed by atoms with E-state index in [1.54, 1.807) is 12.1 Å². The van der Waals surface area contributed by atoms with Gasteiger partial charge in [-0.1, -0.05) is 6.07 Å². The average molecular weight is 250 g/mol. The first-order valence-electron chi connectivity index (χ1n) is 6.79. The molecule has 0 saturated carbocycles. The number of hydrogen-bond acceptors (Lipinski definition) is 2. The number of aryl methyl sites for hydroxylation is 1. The SMILES string of the molecule is Cc1cc(F)ccc1CN1CC(CN)CCC1C. The second-order valence-corrected chi connectivity index (χ2v) is 5.53. The molecule has 1 heterocycles. The largest absolute Gasteiger partial charge is 0.330 e. The van der Waals surface area contributed by atoms with Crippen LogP contribution in [0.3, 0.4) is 0 Å². The lowest BCUT2D eigenvalue weighted by atomic mass is 9.93. The van der Waals surface area contributed by atoms with Gasteiger partial charge in [-0.3, -0.25) is 4.90 Å². The lowest BCUT2D eigenvalue weighted by molar-refractivity contribution is 0.113. The smallest absolute Gasteiger partial charge is 0.123 e. The van der Waals surface area contributed by atoms with E-state index in [4.69, 9.17) is 5.73 Å². The maximum atomic E-state index is 13.1. The normalized spacial score (nSPS) is 25.3. The summed E-state index contributed by atoms with van der Waals surface area (Å²) >= 11 is 0. The summed E-state index contributed by atoms with van der Waals surface area (Å²) in [5, 5.41) is 0. The highest BCUT2D eigenvalue weighted by molar-refractivity contribution is 5.26. The molecule has 0 spiro atoms. The van der Waals surface area contributed by atoms with Gasteiger partial charge < -0.3 is 5.73 Å². The van der Waals surface area contributed by atoms with Crippen LogP contribution < -0.4 is 5.73 Å². The summed E-state index contributed by atoms with van der Waals surface area (Å²) < 4.78 is 13.1. The highest BCUT2D eigenvalue weighted by Gasteiger charge is 2.24. The number of hydrogen-bond donors (Lipinski definition) is 1. The van der Waals surface area contributed by atoms with Gasteiger partial charge in [-0.05, 0) is 62.4 Å². The van der Waals surface area contributed by atoms with Gasteiger partial charge in [0.2, 0.25) is 0 Å². The zero-order chi connectivity index (χ0) is 13.1. The van der Waals surface area contributed by atoms with Gasteiger partial charge in [-0.15, -0.1) is 0 Å². The van der Waals surface area contributed by atoms with Crippen LogP contribution in [0.15, 0.2) is 18.2 Å². The molecule has 2 atom stereocenters. The van der Waals surface area contributed by atoms with Gasteiger partial charge in [0.15, 0.2) is 0 Å². The molecule has 2 unspecified atom stereocenters. The predicted octanol–water partition coefficient (Wildman–Crippen LogP) is 2.69. The average Bonchev–Trinajstić information content (AvgIpc) is 2.35. The van der Waals surface area contributed by atoms with E-state index in [0.717, 1.165) is 25.2 Å². The summed E-state index contributed by atoms with van der Waals surface area (Å²) in [5.41, 5.74) is 8.04. The first-order chi connectivity index (χ1) is 8.60. The molecule has 0 aliphatic carbocycles. The van der Waals surface area contributed by atoms with Crippen molar-refractivity contribution in [2.45, 2.75) is 39.3 Å². The summed E-state index contributed by atoms with van der Waals surface area (Å²) in [6, 6.07) is 5.67. The monoisotopic (exact) mass is 250 g/mol. The lowest BCUT2D eigenvalue weighted by Crippen LogP contribution is -2.43. The van der Waals surface area contributed by atoms with Crippen molar-refractivity contribution in [2.24, 2.45) is 11.7 Å². The van der Waals surface area contributed by atoms with E-state index in [2.05, 4.69) is 11.8 Å². The minimum atomic E-state index is -0.150. The lowest BCUT2D eigenvalue weighted by Gasteiger charge is -2.38. The molecule has 1 saturated heterocycles. The zero-order valence-electron chi connectivity index (χ0n) is 11.3. The van der Waals surface area contributed by atoms with E-state index in [0.29, 0.717) is 12.0 Å². The van der Waals surface area contributed by atoms with Crippen LogP contribution in [0.1, 0.15) is 30.9 Å². The van der Waals surface area contributed by atoms with E-state index in [-0.39, 0.29) is 5.82 Å². The van der Waals surface area contributed by atoms with Gasteiger partial charge in [-0.2, -0.15) is 0 Å². The van der Waals surface area contributed by atoms with E-state index >= 15 is 0 Å². The van der Waals surface area contributed by atoms with Crippen LogP contribution in [-0.4, -0.2) is 24.0 Å². The Kier molecular flexibility index (Phi) is 4.36. The van der Waals surface area contributed by atoms with Gasteiger partial charge in [0, 0.05) is 19.1 Å². The third-order valence-corrected chi connectivity index (χ3v) is 4.12. The number of nitrogens with two attached hydrogens (primary N) is 1. The van der Waals surface area contributed by atoms with Crippen LogP contribution in [0, 0.1) is 18.7 Å². The Bertz CT molecular complexity index is 405. The molecule has 0 radical (unpaired) electrons. The molecule has 0 amide bonds. The predicted molar refractivity (Wildman–Crippen MR) is 72.8 cm³/mol. The van der Waals surface area contributed by atoms with Crippen molar-refractivity contribution in [1.29, 1.82) is 0 Å². The molecule has 1 aromatic carbocycles. The Morgan fingerprint density at radius 1 is 1.39 bits per heavy atom. The molecule has 100 valence electrons. The first kappa shape index (κ1) is 13.5. The minimum Gasteiger partial charge on any atom is -0.330 e. The molecule has 1 fully saturated rings. The summed E-state index contributed by atoms with van der Waals surface area (Å²) in [7, 11) is 0. The number of halogens is 1. The maximum absolute atomic E-state index is 13.1. The molecular formula is C15H23FN2. The third kappa shape index (κ3) is 3.09. The molecule has 2 N–H and O–H groups in total. The van der Waals surface area contributed by atoms with Gasteiger partial charge >= 0.3 is 0 Å². The summed E-state index contributed by atoms with van der Waals surface area (Å²) in [6.07, 6.45) is 2.44. The Labute approximate surface area is 109 Å². The van der Waals surface area contributed by atoms with Crippen molar-refractivity contribution in [3.8, 4) is 0 Å². The number of likely N-dealkylation sites (tertiary alicyclic amines) is 1. The van der Waals surface area contributed by atoms with Gasteiger partial charge in [0.25, 0.3) is 0 Å². The first-order valence-corrected chi connectivity index (χ1v) is 6.79. The number of piperidine rings is 1. The Hall–Kier alpha value is -0.930. The number of nitrogens with zero attached hydrogens (tertiary/aromatic N) is 1. The fourth-order valence-electron chi connectivity index (χ4n) is 2.73. The van der Waals surface area contributed by atoms with E-state index in [9.17, 15) is 4.39 Å². The Balaban J connectivity index is 2.07. The second kappa shape index (κ2) is 5.81. The molecule has 3 heteroatoms. The standard InChI is InChI=1S/C15H23FN2/c1-11-7-15(16)6-5-14(11)10-18-9-13(8-17)4-3-12(18)2/h5-7,12-13H,3-4,8-10,17H2,1-2H3. The van der Waals surface area contributed by atoms with Crippen LogP contribution in [0.4, 0.5) is 4.39 Å². The van der Waals surface area contributed by atoms with Crippen LogP contribution in [0.2, 0.25) is 0 Å². The van der Waals surface area contributed by atoms with Gasteiger partial charge in [0.05, 0.1) is 0 Å². The van der Waals surface area contributed by atoms with E-state index < -0.39 is 0 Å². The van der Waals surface area contributed by atoms with Gasteiger partial charge in [0.1, 0.15) is 5.82 Å². The van der Waals surface area contributed by atoms with Crippen molar-refractivity contribution in [3.63, 3.8) is 0 Å². The zero-order valence-corrected chi connectivity index (χ0v) is 11.3. The fourth-order valence-corrected chi connectivity index (χ4v) is 2.73. The molecule has 18 heavy (non-hydrogen) atoms. The molecule has 1 aliphatic heterocycles. The van der Waals surface area contributed by atoms with Crippen LogP contribution in [0.25, 0.3) is 0 Å². The molecule has 0 bridgehead atoms. The molecule has 1 aromatic rings. The number of benzene rings is 1. The van der Waals surface area contributed by atoms with Crippen LogP contribution >= 0.6 is 0 Å². The summed E-state index contributed by atoms with van der Waals surface area (Å²) in [6.45, 7) is 6.99. The Morgan fingerprint density at radius 2 is 2.17 bits per heavy atom. The van der Waals surface area contributed by atoms with Crippen LogP contribution in [-0.2, 0) is 6.54 Å². The quantitative estimate of drug-likeness (QED) is 0.893. The second-order valence-electron chi connectivity index (χ2n) is 5.53. The fraction of sp³-hybridized carbons (Fsp3) is 0.600. The topological polar surface area (TPSA) is 29.3 Å². The van der Waals surface area contributed by atoms with Crippen molar-refractivity contribution < 1.29 is 4.39 Å². The molecular weight excluding hydrogens is 227 g/mol. The summed E-state index contributed by atoms with van der Waals surface area (Å²) in [5.74, 6) is 0.463. The molecule has 2 nitrogen and oxygen atoms in total. The maximum Gasteiger partial charge on any atom is 0.123 e. The van der Waals surface area contributed by atoms with Crippen molar-refractivity contribution in [1.82, 2.24) is 4.90 Å². The highest BCUT2D eigenvalue weighted by Crippen LogP contribution is 2.24.